The van der Waals surface area contributed by atoms with Crippen molar-refractivity contribution in [2.45, 2.75) is 12.8 Å². The lowest BCUT2D eigenvalue weighted by atomic mass is 10.1. The van der Waals surface area contributed by atoms with Gasteiger partial charge in [0.05, 0.1) is 18.0 Å². The third kappa shape index (κ3) is 3.90. The number of hydrogen-bond acceptors (Lipinski definition) is 3. The van der Waals surface area contributed by atoms with Gasteiger partial charge in [-0.3, -0.25) is 4.79 Å². The van der Waals surface area contributed by atoms with Crippen molar-refractivity contribution in [3.63, 3.8) is 0 Å². The molecule has 0 fully saturated rings. The van der Waals surface area contributed by atoms with E-state index in [1.165, 1.54) is 29.2 Å². The molecule has 1 aromatic heterocycles. The van der Waals surface area contributed by atoms with Gasteiger partial charge in [-0.25, -0.2) is 9.37 Å². The van der Waals surface area contributed by atoms with Crippen LogP contribution in [-0.4, -0.2) is 15.3 Å². The quantitative estimate of drug-likeness (QED) is 0.451. The number of nitrogens with zero attached hydrogens (tertiary/aromatic N) is 2. The molecule has 0 bridgehead atoms. The maximum absolute atomic E-state index is 13.7. The molecular weight excluding hydrogens is 366 g/mol. The fourth-order valence-corrected chi connectivity index (χ4v) is 2.79. The van der Waals surface area contributed by atoms with Gasteiger partial charge in [0, 0.05) is 28.5 Å². The minimum absolute atomic E-state index is 0.121. The Labute approximate surface area is 153 Å². The summed E-state index contributed by atoms with van der Waals surface area (Å²) in [5.41, 5.74) is 0.770. The molecule has 0 aliphatic rings. The van der Waals surface area contributed by atoms with E-state index in [4.69, 9.17) is 27.9 Å². The van der Waals surface area contributed by atoms with E-state index in [1.54, 1.807) is 30.5 Å². The molecule has 7 heteroatoms. The predicted molar refractivity (Wildman–Crippen MR) is 93.2 cm³/mol. The van der Waals surface area contributed by atoms with E-state index < -0.39 is 12.0 Å². The minimum atomic E-state index is -0.972. The summed E-state index contributed by atoms with van der Waals surface area (Å²) in [6.45, 7) is -0.128. The van der Waals surface area contributed by atoms with E-state index in [1.807, 2.05) is 6.07 Å². The zero-order valence-corrected chi connectivity index (χ0v) is 14.4. The number of rotatable bonds is 6. The van der Waals surface area contributed by atoms with Crippen LogP contribution in [0.25, 0.3) is 0 Å². The third-order valence-electron chi connectivity index (χ3n) is 3.60. The SMILES string of the molecule is O=C(c1ccccc1)C(OCc1c(Cl)ccc(F)c1Cl)n1ccnc1. The number of hydrogen-bond donors (Lipinski definition) is 0. The number of ether oxygens (including phenoxy) is 1. The number of halogens is 3. The Kier molecular flexibility index (Phi) is 5.48. The van der Waals surface area contributed by atoms with E-state index in [2.05, 4.69) is 4.98 Å². The molecule has 0 amide bonds. The number of ketones is 1. The molecule has 1 unspecified atom stereocenters. The standard InChI is InChI=1S/C18H13Cl2FN2O2/c19-14-6-7-15(21)16(20)13(14)10-25-18(23-9-8-22-11-23)17(24)12-4-2-1-3-5-12/h1-9,11,18H,10H2. The van der Waals surface area contributed by atoms with E-state index in [0.717, 1.165) is 0 Å². The van der Waals surface area contributed by atoms with Crippen LogP contribution in [-0.2, 0) is 11.3 Å². The normalized spacial score (nSPS) is 12.1. The monoisotopic (exact) mass is 378 g/mol. The fraction of sp³-hybridized carbons (Fsp3) is 0.111. The van der Waals surface area contributed by atoms with Crippen LogP contribution >= 0.6 is 23.2 Å². The van der Waals surface area contributed by atoms with Gasteiger partial charge >= 0.3 is 0 Å². The highest BCUT2D eigenvalue weighted by atomic mass is 35.5. The first kappa shape index (κ1) is 17.6. The lowest BCUT2D eigenvalue weighted by Gasteiger charge is -2.19. The Morgan fingerprint density at radius 2 is 1.96 bits per heavy atom. The number of imidazole rings is 1. The van der Waals surface area contributed by atoms with Gasteiger partial charge in [-0.1, -0.05) is 53.5 Å². The highest BCUT2D eigenvalue weighted by Gasteiger charge is 2.23. The number of carbonyl (C=O) groups excluding carboxylic acids is 1. The summed E-state index contributed by atoms with van der Waals surface area (Å²) in [7, 11) is 0. The molecule has 3 aromatic rings. The van der Waals surface area contributed by atoms with Gasteiger partial charge in [0.1, 0.15) is 5.82 Å². The lowest BCUT2D eigenvalue weighted by molar-refractivity contribution is 0.000820. The van der Waals surface area contributed by atoms with E-state index in [9.17, 15) is 9.18 Å². The predicted octanol–water partition coefficient (Wildman–Crippen LogP) is 4.93. The van der Waals surface area contributed by atoms with Crippen LogP contribution in [0.4, 0.5) is 4.39 Å². The van der Waals surface area contributed by atoms with Gasteiger partial charge < -0.3 is 9.30 Å². The first-order chi connectivity index (χ1) is 12.1. The average Bonchev–Trinajstić information content (AvgIpc) is 3.16. The van der Waals surface area contributed by atoms with Gasteiger partial charge in [0.15, 0.2) is 6.23 Å². The zero-order chi connectivity index (χ0) is 17.8. The fourth-order valence-electron chi connectivity index (χ4n) is 2.31. The van der Waals surface area contributed by atoms with Crippen LogP contribution in [0.3, 0.4) is 0 Å². The Morgan fingerprint density at radius 1 is 1.20 bits per heavy atom. The van der Waals surface area contributed by atoms with Crippen LogP contribution in [0.1, 0.15) is 22.1 Å². The first-order valence-electron chi connectivity index (χ1n) is 7.38. The minimum Gasteiger partial charge on any atom is -0.345 e. The van der Waals surface area contributed by atoms with Crippen molar-refractivity contribution in [2.24, 2.45) is 0 Å². The Bertz CT molecular complexity index is 870. The van der Waals surface area contributed by atoms with Crippen molar-refractivity contribution in [1.29, 1.82) is 0 Å². The number of aromatic nitrogens is 2. The van der Waals surface area contributed by atoms with E-state index >= 15 is 0 Å². The van der Waals surface area contributed by atoms with Crippen molar-refractivity contribution < 1.29 is 13.9 Å². The summed E-state index contributed by atoms with van der Waals surface area (Å²) in [4.78, 5) is 16.7. The van der Waals surface area contributed by atoms with Gasteiger partial charge in [-0.05, 0) is 12.1 Å². The summed E-state index contributed by atoms with van der Waals surface area (Å²) in [6, 6.07) is 11.3. The maximum Gasteiger partial charge on any atom is 0.212 e. The first-order valence-corrected chi connectivity index (χ1v) is 8.14. The molecule has 1 atom stereocenters. The van der Waals surface area contributed by atoms with Crippen LogP contribution in [0.15, 0.2) is 61.2 Å². The van der Waals surface area contributed by atoms with Crippen molar-refractivity contribution in [3.8, 4) is 0 Å². The van der Waals surface area contributed by atoms with Gasteiger partial charge in [-0.15, -0.1) is 0 Å². The van der Waals surface area contributed by atoms with Gasteiger partial charge in [0.25, 0.3) is 0 Å². The summed E-state index contributed by atoms with van der Waals surface area (Å²) in [5, 5.41) is 0.145. The van der Waals surface area contributed by atoms with Crippen molar-refractivity contribution >= 4 is 29.0 Å². The highest BCUT2D eigenvalue weighted by Crippen LogP contribution is 2.29. The molecule has 0 aliphatic carbocycles. The molecule has 0 N–H and O–H groups in total. The number of Topliss-reactive ketones (excluding diaryl/α,β-unsaturated/α-hetero) is 1. The summed E-state index contributed by atoms with van der Waals surface area (Å²) < 4.78 is 20.9. The third-order valence-corrected chi connectivity index (χ3v) is 4.37. The molecule has 4 nitrogen and oxygen atoms in total. The molecule has 0 aliphatic heterocycles. The smallest absolute Gasteiger partial charge is 0.212 e. The molecule has 25 heavy (non-hydrogen) atoms. The van der Waals surface area contributed by atoms with Crippen molar-refractivity contribution in [1.82, 2.24) is 9.55 Å². The molecule has 0 spiro atoms. The lowest BCUT2D eigenvalue weighted by Crippen LogP contribution is -2.22. The zero-order valence-electron chi connectivity index (χ0n) is 12.9. The largest absolute Gasteiger partial charge is 0.345 e. The van der Waals surface area contributed by atoms with Crippen LogP contribution in [0, 0.1) is 5.82 Å². The summed E-state index contributed by atoms with van der Waals surface area (Å²) >= 11 is 12.0. The second kappa shape index (κ2) is 7.78. The maximum atomic E-state index is 13.7. The van der Waals surface area contributed by atoms with E-state index in [-0.39, 0.29) is 28.0 Å². The molecule has 3 rings (SSSR count). The topological polar surface area (TPSA) is 44.1 Å². The Hall–Kier alpha value is -2.21. The second-order valence-electron chi connectivity index (χ2n) is 5.23. The molecular formula is C18H13Cl2FN2O2. The van der Waals surface area contributed by atoms with Crippen molar-refractivity contribution in [2.75, 3.05) is 0 Å². The summed E-state index contributed by atoms with van der Waals surface area (Å²) in [6.07, 6.45) is 3.65. The summed E-state index contributed by atoms with van der Waals surface area (Å²) in [5.74, 6) is -0.861. The Morgan fingerprint density at radius 3 is 2.64 bits per heavy atom. The molecule has 0 radical (unpaired) electrons. The van der Waals surface area contributed by atoms with Gasteiger partial charge in [0.2, 0.25) is 5.78 Å². The van der Waals surface area contributed by atoms with Crippen LogP contribution in [0.5, 0.6) is 0 Å². The van der Waals surface area contributed by atoms with Gasteiger partial charge in [-0.2, -0.15) is 0 Å². The molecule has 2 aromatic carbocycles. The second-order valence-corrected chi connectivity index (χ2v) is 6.01. The molecule has 128 valence electrons. The highest BCUT2D eigenvalue weighted by molar-refractivity contribution is 6.36. The van der Waals surface area contributed by atoms with E-state index in [0.29, 0.717) is 5.56 Å². The molecule has 0 saturated carbocycles. The number of carbonyl (C=O) groups is 1. The van der Waals surface area contributed by atoms with Crippen LogP contribution in [0.2, 0.25) is 10.0 Å². The van der Waals surface area contributed by atoms with Crippen LogP contribution < -0.4 is 0 Å². The molecule has 0 saturated heterocycles. The van der Waals surface area contributed by atoms with Crippen molar-refractivity contribution in [3.05, 3.63) is 88.2 Å². The molecule has 1 heterocycles. The average molecular weight is 379 g/mol. The Balaban J connectivity index is 1.87. The number of benzene rings is 2.